The highest BCUT2D eigenvalue weighted by Gasteiger charge is 2.17. The SMILES string of the molecule is O=C(CS(=O)CC(O)CO)NCC1CCCO1. The van der Waals surface area contributed by atoms with E-state index in [4.69, 9.17) is 14.9 Å². The van der Waals surface area contributed by atoms with Crippen LogP contribution in [0.2, 0.25) is 0 Å². The van der Waals surface area contributed by atoms with Crippen LogP contribution in [0.25, 0.3) is 0 Å². The molecular weight excluding hydrogens is 246 g/mol. The van der Waals surface area contributed by atoms with Crippen LogP contribution in [-0.2, 0) is 20.3 Å². The Morgan fingerprint density at radius 3 is 2.94 bits per heavy atom. The number of amides is 1. The number of ether oxygens (including phenoxy) is 1. The molecule has 17 heavy (non-hydrogen) atoms. The van der Waals surface area contributed by atoms with E-state index in [1.807, 2.05) is 0 Å². The molecule has 7 heteroatoms. The van der Waals surface area contributed by atoms with E-state index in [1.54, 1.807) is 0 Å². The summed E-state index contributed by atoms with van der Waals surface area (Å²) in [6, 6.07) is 0. The molecular formula is C10H19NO5S. The molecule has 0 radical (unpaired) electrons. The molecule has 0 aromatic carbocycles. The standard InChI is InChI=1S/C10H19NO5S/c12-5-8(13)6-17(15)7-10(14)11-4-9-2-1-3-16-9/h8-9,12-13H,1-7H2,(H,11,14). The first-order valence-electron chi connectivity index (χ1n) is 5.64. The van der Waals surface area contributed by atoms with Gasteiger partial charge >= 0.3 is 0 Å². The van der Waals surface area contributed by atoms with E-state index in [0.717, 1.165) is 19.4 Å². The lowest BCUT2D eigenvalue weighted by atomic mass is 10.2. The van der Waals surface area contributed by atoms with Crippen LogP contribution in [0.5, 0.6) is 0 Å². The van der Waals surface area contributed by atoms with Crippen molar-refractivity contribution in [2.45, 2.75) is 25.0 Å². The average Bonchev–Trinajstić information content (AvgIpc) is 2.78. The molecule has 3 unspecified atom stereocenters. The van der Waals surface area contributed by atoms with E-state index in [9.17, 15) is 9.00 Å². The molecule has 3 atom stereocenters. The molecule has 0 aromatic rings. The number of aliphatic hydroxyl groups is 2. The quantitative estimate of drug-likeness (QED) is 0.514. The Morgan fingerprint density at radius 1 is 1.59 bits per heavy atom. The van der Waals surface area contributed by atoms with Gasteiger partial charge in [-0.2, -0.15) is 0 Å². The van der Waals surface area contributed by atoms with E-state index >= 15 is 0 Å². The molecule has 0 bridgehead atoms. The van der Waals surface area contributed by atoms with Crippen molar-refractivity contribution in [1.29, 1.82) is 0 Å². The van der Waals surface area contributed by atoms with E-state index in [0.29, 0.717) is 6.54 Å². The Kier molecular flexibility index (Phi) is 6.64. The number of carbonyl (C=O) groups excluding carboxylic acids is 1. The van der Waals surface area contributed by atoms with Crippen LogP contribution in [0, 0.1) is 0 Å². The van der Waals surface area contributed by atoms with Crippen molar-refractivity contribution < 1.29 is 24.0 Å². The van der Waals surface area contributed by atoms with Gasteiger partial charge in [0.05, 0.1) is 24.6 Å². The van der Waals surface area contributed by atoms with Gasteiger partial charge < -0.3 is 20.3 Å². The number of rotatable bonds is 7. The summed E-state index contributed by atoms with van der Waals surface area (Å²) in [5, 5.41) is 20.3. The van der Waals surface area contributed by atoms with Crippen molar-refractivity contribution in [2.75, 3.05) is 31.3 Å². The molecule has 1 heterocycles. The van der Waals surface area contributed by atoms with Gasteiger partial charge in [0.25, 0.3) is 0 Å². The minimum absolute atomic E-state index is 0.0652. The lowest BCUT2D eigenvalue weighted by molar-refractivity contribution is -0.119. The maximum absolute atomic E-state index is 11.4. The fraction of sp³-hybridized carbons (Fsp3) is 0.900. The molecule has 1 saturated heterocycles. The van der Waals surface area contributed by atoms with Crippen LogP contribution in [0.4, 0.5) is 0 Å². The smallest absolute Gasteiger partial charge is 0.232 e. The molecule has 1 rings (SSSR count). The molecule has 0 spiro atoms. The second kappa shape index (κ2) is 7.75. The van der Waals surface area contributed by atoms with Crippen molar-refractivity contribution in [3.8, 4) is 0 Å². The third-order valence-electron chi connectivity index (χ3n) is 2.43. The molecule has 100 valence electrons. The average molecular weight is 265 g/mol. The van der Waals surface area contributed by atoms with Gasteiger partial charge in [-0.25, -0.2) is 0 Å². The molecule has 3 N–H and O–H groups in total. The van der Waals surface area contributed by atoms with Gasteiger partial charge in [-0.1, -0.05) is 0 Å². The Morgan fingerprint density at radius 2 is 2.35 bits per heavy atom. The minimum atomic E-state index is -1.45. The van der Waals surface area contributed by atoms with E-state index in [-0.39, 0.29) is 23.5 Å². The monoisotopic (exact) mass is 265 g/mol. The van der Waals surface area contributed by atoms with Crippen LogP contribution in [-0.4, -0.2) is 63.8 Å². The van der Waals surface area contributed by atoms with Crippen LogP contribution in [0.1, 0.15) is 12.8 Å². The predicted molar refractivity (Wildman–Crippen MR) is 63.0 cm³/mol. The summed E-state index contributed by atoms with van der Waals surface area (Å²) in [7, 11) is -1.45. The van der Waals surface area contributed by atoms with Crippen molar-refractivity contribution in [2.24, 2.45) is 0 Å². The first kappa shape index (κ1) is 14.6. The highest BCUT2D eigenvalue weighted by molar-refractivity contribution is 7.85. The molecule has 0 aliphatic carbocycles. The van der Waals surface area contributed by atoms with Gasteiger partial charge in [-0.15, -0.1) is 0 Å². The Bertz CT molecular complexity index is 267. The first-order chi connectivity index (χ1) is 8.11. The van der Waals surface area contributed by atoms with Gasteiger partial charge in [0.1, 0.15) is 5.75 Å². The van der Waals surface area contributed by atoms with Crippen molar-refractivity contribution >= 4 is 16.7 Å². The zero-order chi connectivity index (χ0) is 12.7. The number of carbonyl (C=O) groups is 1. The summed E-state index contributed by atoms with van der Waals surface area (Å²) in [4.78, 5) is 11.4. The fourth-order valence-electron chi connectivity index (χ4n) is 1.56. The van der Waals surface area contributed by atoms with E-state index in [1.165, 1.54) is 0 Å². The molecule has 6 nitrogen and oxygen atoms in total. The largest absolute Gasteiger partial charge is 0.394 e. The molecule has 1 aliphatic rings. The Hall–Kier alpha value is -0.500. The minimum Gasteiger partial charge on any atom is -0.394 e. The first-order valence-corrected chi connectivity index (χ1v) is 7.13. The van der Waals surface area contributed by atoms with Gasteiger partial charge in [0, 0.05) is 24.0 Å². The van der Waals surface area contributed by atoms with E-state index < -0.39 is 23.5 Å². The summed E-state index contributed by atoms with van der Waals surface area (Å²) in [6.45, 7) is 0.733. The van der Waals surface area contributed by atoms with Crippen LogP contribution in [0.3, 0.4) is 0 Å². The third-order valence-corrected chi connectivity index (χ3v) is 3.77. The normalized spacial score (nSPS) is 23.3. The number of hydrogen-bond acceptors (Lipinski definition) is 5. The lowest BCUT2D eigenvalue weighted by Crippen LogP contribution is -2.36. The van der Waals surface area contributed by atoms with Gasteiger partial charge in [-0.3, -0.25) is 9.00 Å². The summed E-state index contributed by atoms with van der Waals surface area (Å²) in [5.74, 6) is -0.544. The van der Waals surface area contributed by atoms with Gasteiger partial charge in [-0.05, 0) is 12.8 Å². The zero-order valence-electron chi connectivity index (χ0n) is 9.63. The van der Waals surface area contributed by atoms with Crippen molar-refractivity contribution in [3.63, 3.8) is 0 Å². The summed E-state index contributed by atoms with van der Waals surface area (Å²) < 4.78 is 16.7. The second-order valence-electron chi connectivity index (χ2n) is 4.03. The predicted octanol–water partition coefficient (Wildman–Crippen LogP) is -1.62. The molecule has 1 amide bonds. The highest BCUT2D eigenvalue weighted by Crippen LogP contribution is 2.10. The highest BCUT2D eigenvalue weighted by atomic mass is 32.2. The fourth-order valence-corrected chi connectivity index (χ4v) is 2.60. The number of hydrogen-bond donors (Lipinski definition) is 3. The molecule has 0 saturated carbocycles. The zero-order valence-corrected chi connectivity index (χ0v) is 10.4. The summed E-state index contributed by atoms with van der Waals surface area (Å²) >= 11 is 0. The topological polar surface area (TPSA) is 95.9 Å². The molecule has 0 aromatic heterocycles. The third kappa shape index (κ3) is 6.11. The lowest BCUT2D eigenvalue weighted by Gasteiger charge is -2.11. The Labute approximate surface area is 103 Å². The van der Waals surface area contributed by atoms with Crippen molar-refractivity contribution in [3.05, 3.63) is 0 Å². The van der Waals surface area contributed by atoms with Crippen LogP contribution >= 0.6 is 0 Å². The van der Waals surface area contributed by atoms with Crippen LogP contribution in [0.15, 0.2) is 0 Å². The van der Waals surface area contributed by atoms with Crippen molar-refractivity contribution in [1.82, 2.24) is 5.32 Å². The molecule has 1 aliphatic heterocycles. The van der Waals surface area contributed by atoms with Gasteiger partial charge in [0.2, 0.25) is 5.91 Å². The summed E-state index contributed by atoms with van der Waals surface area (Å²) in [6.07, 6.45) is 0.985. The maximum atomic E-state index is 11.4. The second-order valence-corrected chi connectivity index (χ2v) is 5.53. The van der Waals surface area contributed by atoms with E-state index in [2.05, 4.69) is 5.32 Å². The Balaban J connectivity index is 2.13. The maximum Gasteiger partial charge on any atom is 0.232 e. The van der Waals surface area contributed by atoms with Crippen LogP contribution < -0.4 is 5.32 Å². The summed E-state index contributed by atoms with van der Waals surface area (Å²) in [5.41, 5.74) is 0. The molecule has 1 fully saturated rings. The van der Waals surface area contributed by atoms with Gasteiger partial charge in [0.15, 0.2) is 0 Å². The number of nitrogens with one attached hydrogen (secondary N) is 1. The number of aliphatic hydroxyl groups excluding tert-OH is 2.